The fourth-order valence-corrected chi connectivity index (χ4v) is 9.70. The first-order valence-electron chi connectivity index (χ1n) is 23.1. The molecule has 1 saturated carbocycles. The zero-order valence-electron chi connectivity index (χ0n) is 38.3. The number of imide groups is 2. The minimum atomic E-state index is -3.65. The van der Waals surface area contributed by atoms with Gasteiger partial charge in [0.15, 0.2) is 5.82 Å². The van der Waals surface area contributed by atoms with Crippen LogP contribution in [0.5, 0.6) is 5.75 Å². The van der Waals surface area contributed by atoms with Gasteiger partial charge in [0.1, 0.15) is 23.3 Å². The summed E-state index contributed by atoms with van der Waals surface area (Å²) in [5, 5.41) is 19.2. The van der Waals surface area contributed by atoms with Crippen molar-refractivity contribution in [2.45, 2.75) is 101 Å². The van der Waals surface area contributed by atoms with Gasteiger partial charge in [-0.1, -0.05) is 24.1 Å². The van der Waals surface area contributed by atoms with Crippen molar-refractivity contribution in [2.75, 3.05) is 54.2 Å². The number of carbonyl (C=O) groups is 7. The van der Waals surface area contributed by atoms with Gasteiger partial charge in [0.2, 0.25) is 23.7 Å². The maximum absolute atomic E-state index is 15.7. The first-order chi connectivity index (χ1) is 33.6. The number of nitrogens with one attached hydrogen (secondary N) is 4. The van der Waals surface area contributed by atoms with Crippen LogP contribution in [0.15, 0.2) is 42.7 Å². The van der Waals surface area contributed by atoms with Gasteiger partial charge in [0, 0.05) is 70.4 Å². The number of halogens is 3. The molecule has 9 rings (SSSR count). The van der Waals surface area contributed by atoms with Crippen molar-refractivity contribution in [1.29, 1.82) is 0 Å². The number of benzene rings is 2. The SMILES string of the molecule is COc1cc(C(=O)NC2CCN(Cc3cn(CCCC(=O)Nc4cccc5c4C(=O)N(C4CCC(=O)NC4=O)C5=O)nn3)CC2)c(F)cc1Nc1ncc2c(n1)N(C1CCCC1)CC(F)(F)C(=O)N2C. The highest BCUT2D eigenvalue weighted by molar-refractivity contribution is 6.26. The Balaban J connectivity index is 0.744. The average Bonchev–Trinajstić information content (AvgIpc) is 4.08. The van der Waals surface area contributed by atoms with E-state index in [0.717, 1.165) is 28.7 Å². The number of hydrogen-bond acceptors (Lipinski definition) is 15. The van der Waals surface area contributed by atoms with Gasteiger partial charge >= 0.3 is 5.92 Å². The molecule has 4 aliphatic heterocycles. The highest BCUT2D eigenvalue weighted by Gasteiger charge is 2.49. The van der Waals surface area contributed by atoms with Crippen molar-refractivity contribution in [3.8, 4) is 5.75 Å². The van der Waals surface area contributed by atoms with E-state index in [2.05, 4.69) is 46.4 Å². The third-order valence-corrected chi connectivity index (χ3v) is 13.3. The average molecular weight is 970 g/mol. The number of hydrogen-bond donors (Lipinski definition) is 4. The molecule has 6 heterocycles. The maximum atomic E-state index is 15.7. The molecule has 4 N–H and O–H groups in total. The highest BCUT2D eigenvalue weighted by Crippen LogP contribution is 2.40. The van der Waals surface area contributed by atoms with Gasteiger partial charge < -0.3 is 30.5 Å². The van der Waals surface area contributed by atoms with E-state index in [1.165, 1.54) is 49.5 Å². The summed E-state index contributed by atoms with van der Waals surface area (Å²) in [6.07, 6.45) is 7.70. The van der Waals surface area contributed by atoms with Crippen molar-refractivity contribution in [2.24, 2.45) is 0 Å². The molecule has 21 nitrogen and oxygen atoms in total. The third kappa shape index (κ3) is 9.58. The first-order valence-corrected chi connectivity index (χ1v) is 23.1. The van der Waals surface area contributed by atoms with Gasteiger partial charge in [-0.3, -0.25) is 53.4 Å². The van der Waals surface area contributed by atoms with E-state index in [0.29, 0.717) is 64.0 Å². The molecule has 24 heteroatoms. The van der Waals surface area contributed by atoms with Crippen LogP contribution in [0.1, 0.15) is 101 Å². The summed E-state index contributed by atoms with van der Waals surface area (Å²) in [6.45, 7) is 1.23. The predicted octanol–water partition coefficient (Wildman–Crippen LogP) is 3.53. The van der Waals surface area contributed by atoms with Gasteiger partial charge in [-0.25, -0.2) is 9.37 Å². The van der Waals surface area contributed by atoms with E-state index in [9.17, 15) is 33.6 Å². The summed E-state index contributed by atoms with van der Waals surface area (Å²) in [6, 6.07) is 5.21. The van der Waals surface area contributed by atoms with Gasteiger partial charge in [-0.15, -0.1) is 5.10 Å². The number of ether oxygens (including phenoxy) is 1. The first kappa shape index (κ1) is 47.6. The number of nitrogens with zero attached hydrogens (tertiary/aromatic N) is 9. The van der Waals surface area contributed by atoms with E-state index < -0.39 is 65.7 Å². The van der Waals surface area contributed by atoms with Gasteiger partial charge in [-0.2, -0.15) is 13.8 Å². The van der Waals surface area contributed by atoms with E-state index in [4.69, 9.17) is 4.74 Å². The van der Waals surface area contributed by atoms with Crippen molar-refractivity contribution >= 4 is 70.2 Å². The van der Waals surface area contributed by atoms with E-state index in [1.807, 2.05) is 0 Å². The number of aryl methyl sites for hydroxylation is 1. The molecule has 1 atom stereocenters. The van der Waals surface area contributed by atoms with Crippen LogP contribution < -0.4 is 35.8 Å². The quantitative estimate of drug-likeness (QED) is 0.132. The number of alkyl halides is 2. The Morgan fingerprint density at radius 3 is 2.50 bits per heavy atom. The lowest BCUT2D eigenvalue weighted by Crippen LogP contribution is -2.54. The molecule has 0 spiro atoms. The minimum Gasteiger partial charge on any atom is -0.495 e. The van der Waals surface area contributed by atoms with E-state index >= 15 is 13.2 Å². The molecule has 2 aromatic carbocycles. The molecular formula is C46H50F3N13O8. The second-order valence-electron chi connectivity index (χ2n) is 18.0. The lowest BCUT2D eigenvalue weighted by molar-refractivity contribution is -0.140. The molecule has 368 valence electrons. The summed E-state index contributed by atoms with van der Waals surface area (Å²) in [7, 11) is 2.61. The summed E-state index contributed by atoms with van der Waals surface area (Å²) >= 11 is 0. The highest BCUT2D eigenvalue weighted by atomic mass is 19.3. The van der Waals surface area contributed by atoms with Crippen molar-refractivity contribution < 1.29 is 51.5 Å². The molecule has 0 radical (unpaired) electrons. The van der Waals surface area contributed by atoms with Crippen LogP contribution in [0.25, 0.3) is 0 Å². The molecule has 4 aromatic rings. The molecule has 70 heavy (non-hydrogen) atoms. The second-order valence-corrected chi connectivity index (χ2v) is 18.0. The smallest absolute Gasteiger partial charge is 0.342 e. The molecule has 7 amide bonds. The van der Waals surface area contributed by atoms with Gasteiger partial charge in [0.05, 0.1) is 53.6 Å². The molecule has 2 saturated heterocycles. The number of methoxy groups -OCH3 is 1. The fraction of sp³-hybridized carbons (Fsp3) is 0.457. The zero-order valence-corrected chi connectivity index (χ0v) is 38.3. The number of anilines is 5. The summed E-state index contributed by atoms with van der Waals surface area (Å²) < 4.78 is 53.0. The van der Waals surface area contributed by atoms with E-state index in [1.54, 1.807) is 10.9 Å². The van der Waals surface area contributed by atoms with Crippen molar-refractivity contribution in [3.63, 3.8) is 0 Å². The minimum absolute atomic E-state index is 0.00961. The second kappa shape index (κ2) is 19.5. The number of likely N-dealkylation sites (tertiary alicyclic amines) is 1. The molecule has 3 fully saturated rings. The standard InChI is InChI=1S/C46H50F3N13O8/c1-58-34-21-50-45(55-39(34)61(27-7-3-4-8-27)24-46(48,49)44(58)69)53-32-20-30(47)29(19-35(32)70-2)40(65)51-25-14-17-59(18-15-25)22-26-23-60(57-56-26)16-6-11-36(63)52-31-10-5-9-28-38(31)43(68)62(42(28)67)33-12-13-37(64)54-41(33)66/h5,9-10,19-21,23,25,27,33H,3-4,6-8,11-18,22,24H2,1-2H3,(H,51,65)(H,52,63)(H,50,53,55)(H,54,64,66). The summed E-state index contributed by atoms with van der Waals surface area (Å²) in [5.41, 5.74) is 0.864. The van der Waals surface area contributed by atoms with Crippen LogP contribution in [-0.4, -0.2) is 134 Å². The number of rotatable bonds is 14. The maximum Gasteiger partial charge on any atom is 0.342 e. The summed E-state index contributed by atoms with van der Waals surface area (Å²) in [5.74, 6) is -9.27. The Morgan fingerprint density at radius 2 is 1.76 bits per heavy atom. The number of piperidine rings is 2. The number of carbonyl (C=O) groups excluding carboxylic acids is 7. The molecule has 5 aliphatic rings. The normalized spacial score (nSPS) is 19.8. The van der Waals surface area contributed by atoms with Crippen LogP contribution in [-0.2, 0) is 32.3 Å². The Morgan fingerprint density at radius 1 is 0.986 bits per heavy atom. The van der Waals surface area contributed by atoms with Crippen LogP contribution >= 0.6 is 0 Å². The molecule has 0 bridgehead atoms. The Kier molecular flexibility index (Phi) is 13.2. The van der Waals surface area contributed by atoms with Gasteiger partial charge in [-0.05, 0) is 56.7 Å². The fourth-order valence-electron chi connectivity index (χ4n) is 9.70. The van der Waals surface area contributed by atoms with E-state index in [-0.39, 0.29) is 82.6 Å². The molecular weight excluding hydrogens is 920 g/mol. The topological polar surface area (TPSA) is 246 Å². The van der Waals surface area contributed by atoms with Crippen LogP contribution in [0, 0.1) is 5.82 Å². The summed E-state index contributed by atoms with van der Waals surface area (Å²) in [4.78, 5) is 104. The number of aromatic nitrogens is 5. The molecule has 1 unspecified atom stereocenters. The zero-order chi connectivity index (χ0) is 49.4. The predicted molar refractivity (Wildman–Crippen MR) is 243 cm³/mol. The van der Waals surface area contributed by atoms with Gasteiger partial charge in [0.25, 0.3) is 23.6 Å². The molecule has 2 aromatic heterocycles. The monoisotopic (exact) mass is 969 g/mol. The molecule has 1 aliphatic carbocycles. The Hall–Kier alpha value is -7.50. The largest absolute Gasteiger partial charge is 0.495 e. The Bertz CT molecular complexity index is 2780. The van der Waals surface area contributed by atoms with Crippen LogP contribution in [0.2, 0.25) is 0 Å². The van der Waals surface area contributed by atoms with Crippen LogP contribution in [0.3, 0.4) is 0 Å². The third-order valence-electron chi connectivity index (χ3n) is 13.3. The van der Waals surface area contributed by atoms with Crippen molar-refractivity contribution in [1.82, 2.24) is 45.4 Å². The number of fused-ring (bicyclic) bond motifs is 2. The Labute approximate surface area is 398 Å². The van der Waals surface area contributed by atoms with Crippen LogP contribution in [0.4, 0.5) is 42.0 Å². The van der Waals surface area contributed by atoms with Crippen molar-refractivity contribution in [3.05, 3.63) is 70.9 Å². The lowest BCUT2D eigenvalue weighted by Gasteiger charge is -2.31. The lowest BCUT2D eigenvalue weighted by atomic mass is 10.0. The number of amides is 7.